The van der Waals surface area contributed by atoms with Crippen LogP contribution in [0.2, 0.25) is 0 Å². The maximum absolute atomic E-state index is 3.28. The minimum atomic E-state index is 0. The van der Waals surface area contributed by atoms with E-state index in [1.165, 1.54) is 77.0 Å². The zero-order valence-corrected chi connectivity index (χ0v) is 17.6. The van der Waals surface area contributed by atoms with Crippen LogP contribution >= 0.6 is 0 Å². The summed E-state index contributed by atoms with van der Waals surface area (Å²) in [4.78, 5) is 0. The predicted octanol–water partition coefficient (Wildman–Crippen LogP) is 2.21. The molecule has 0 radical (unpaired) electrons. The third-order valence-electron chi connectivity index (χ3n) is 3.57. The standard InChI is InChI=1S/C19H38N.H2I/c1-5-6-7-8-9-10-11-12-13-14-15-16-17-18-19-20(2,3)4;/h5-17H2,1-4H3;1H2/q2*+1. The highest BCUT2D eigenvalue weighted by atomic mass is 127. The first-order valence-electron chi connectivity index (χ1n) is 8.88. The Bertz CT molecular complexity index is 257. The maximum Gasteiger partial charge on any atom is 0.235 e. The normalized spacial score (nSPS) is 10.7. The van der Waals surface area contributed by atoms with E-state index in [1.807, 2.05) is 0 Å². The zero-order valence-electron chi connectivity index (χ0n) is 15.1. The quantitative estimate of drug-likeness (QED) is 0.201. The molecule has 0 N–H and O–H groups in total. The molecule has 0 spiro atoms. The van der Waals surface area contributed by atoms with Crippen molar-refractivity contribution >= 4 is 0 Å². The first-order chi connectivity index (χ1) is 9.56. The van der Waals surface area contributed by atoms with Gasteiger partial charge in [0.15, 0.2) is 0 Å². The molecule has 21 heavy (non-hydrogen) atoms. The SMILES string of the molecule is CCCCCCCCCCCCCCC#C[N+](C)(C)C.[IH2+]. The average Bonchev–Trinajstić information content (AvgIpc) is 2.38. The molecule has 0 aliphatic carbocycles. The van der Waals surface area contributed by atoms with Crippen LogP contribution in [-0.2, 0) is 0 Å². The molecule has 0 aliphatic rings. The van der Waals surface area contributed by atoms with E-state index in [0.717, 1.165) is 10.9 Å². The van der Waals surface area contributed by atoms with Crippen LogP contribution in [0.5, 0.6) is 0 Å². The Kier molecular flexibility index (Phi) is 18.6. The Morgan fingerprint density at radius 3 is 1.38 bits per heavy atom. The summed E-state index contributed by atoms with van der Waals surface area (Å²) in [6, 6.07) is 3.25. The summed E-state index contributed by atoms with van der Waals surface area (Å²) >= 11 is 0. The number of unbranched alkanes of at least 4 members (excludes halogenated alkanes) is 12. The monoisotopic (exact) mass is 409 g/mol. The van der Waals surface area contributed by atoms with Crippen molar-refractivity contribution in [2.24, 2.45) is 0 Å². The van der Waals surface area contributed by atoms with E-state index in [4.69, 9.17) is 0 Å². The smallest absolute Gasteiger partial charge is 0.235 e. The molecular weight excluding hydrogens is 369 g/mol. The average molecular weight is 409 g/mol. The molecule has 2 heteroatoms. The van der Waals surface area contributed by atoms with E-state index in [9.17, 15) is 0 Å². The second kappa shape index (κ2) is 16.6. The van der Waals surface area contributed by atoms with Gasteiger partial charge in [-0.1, -0.05) is 77.6 Å². The van der Waals surface area contributed by atoms with Gasteiger partial charge in [-0.05, 0) is 12.3 Å². The lowest BCUT2D eigenvalue weighted by Gasteiger charge is -2.12. The molecule has 0 unspecified atom stereocenters. The summed E-state index contributed by atoms with van der Waals surface area (Å²) < 4.78 is 0.762. The largest absolute Gasteiger partial charge is 0.254 e. The maximum atomic E-state index is 3.28. The van der Waals surface area contributed by atoms with Gasteiger partial charge in [-0.3, -0.25) is 4.48 Å². The summed E-state index contributed by atoms with van der Waals surface area (Å²) in [5.41, 5.74) is 0. The third kappa shape index (κ3) is 22.7. The number of halogens is 1. The van der Waals surface area contributed by atoms with Gasteiger partial charge in [-0.2, -0.15) is 0 Å². The molecular formula is C19H40IN+2. The molecule has 0 saturated heterocycles. The molecule has 0 heterocycles. The van der Waals surface area contributed by atoms with E-state index in [2.05, 4.69) is 40.0 Å². The Balaban J connectivity index is 0. The van der Waals surface area contributed by atoms with Gasteiger partial charge < -0.3 is 0 Å². The van der Waals surface area contributed by atoms with Crippen LogP contribution in [0, 0.1) is 12.0 Å². The van der Waals surface area contributed by atoms with Crippen molar-refractivity contribution in [3.05, 3.63) is 0 Å². The van der Waals surface area contributed by atoms with Crippen molar-refractivity contribution in [1.82, 2.24) is 0 Å². The lowest BCUT2D eigenvalue weighted by molar-refractivity contribution is -0.800. The molecule has 0 aliphatic heterocycles. The van der Waals surface area contributed by atoms with Crippen molar-refractivity contribution in [2.45, 2.75) is 90.4 Å². The highest BCUT2D eigenvalue weighted by molar-refractivity contribution is 4.90. The van der Waals surface area contributed by atoms with Crippen LogP contribution in [0.25, 0.3) is 0 Å². The molecule has 0 aromatic carbocycles. The van der Waals surface area contributed by atoms with Gasteiger partial charge in [0.25, 0.3) is 0 Å². The van der Waals surface area contributed by atoms with Gasteiger partial charge in [0, 0.05) is 6.42 Å². The van der Waals surface area contributed by atoms with Crippen molar-refractivity contribution in [1.29, 1.82) is 0 Å². The van der Waals surface area contributed by atoms with E-state index >= 15 is 0 Å². The van der Waals surface area contributed by atoms with Gasteiger partial charge in [0.2, 0.25) is 24.0 Å². The minimum Gasteiger partial charge on any atom is -0.254 e. The minimum absolute atomic E-state index is 0. The van der Waals surface area contributed by atoms with Crippen LogP contribution in [0.4, 0.5) is 0 Å². The Morgan fingerprint density at radius 1 is 0.619 bits per heavy atom. The fourth-order valence-electron chi connectivity index (χ4n) is 2.35. The molecule has 0 saturated carbocycles. The topological polar surface area (TPSA) is 0 Å². The predicted molar refractivity (Wildman–Crippen MR) is 94.3 cm³/mol. The van der Waals surface area contributed by atoms with Crippen molar-refractivity contribution in [3.63, 3.8) is 0 Å². The van der Waals surface area contributed by atoms with Gasteiger partial charge >= 0.3 is 0 Å². The highest BCUT2D eigenvalue weighted by Gasteiger charge is 1.98. The van der Waals surface area contributed by atoms with Crippen LogP contribution in [0.15, 0.2) is 0 Å². The fourth-order valence-corrected chi connectivity index (χ4v) is 2.35. The van der Waals surface area contributed by atoms with Crippen LogP contribution < -0.4 is 24.0 Å². The summed E-state index contributed by atoms with van der Waals surface area (Å²) in [7, 11) is 6.36. The van der Waals surface area contributed by atoms with Crippen LogP contribution in [0.1, 0.15) is 90.4 Å². The summed E-state index contributed by atoms with van der Waals surface area (Å²) in [5.74, 6) is 3.28. The molecule has 0 fully saturated rings. The second-order valence-corrected chi connectivity index (χ2v) is 6.94. The van der Waals surface area contributed by atoms with Gasteiger partial charge in [-0.25, -0.2) is 0 Å². The first kappa shape index (κ1) is 23.5. The van der Waals surface area contributed by atoms with E-state index in [0.29, 0.717) is 0 Å². The molecule has 0 aromatic rings. The lowest BCUT2D eigenvalue weighted by atomic mass is 10.0. The van der Waals surface area contributed by atoms with Crippen molar-refractivity contribution < 1.29 is 28.5 Å². The molecule has 1 nitrogen and oxygen atoms in total. The molecule has 0 atom stereocenters. The Hall–Kier alpha value is 0.250. The molecule has 126 valence electrons. The first-order valence-corrected chi connectivity index (χ1v) is 8.88. The second-order valence-electron chi connectivity index (χ2n) is 6.94. The Labute approximate surface area is 151 Å². The van der Waals surface area contributed by atoms with Gasteiger partial charge in [0.1, 0.15) is 6.04 Å². The van der Waals surface area contributed by atoms with Gasteiger partial charge in [0.05, 0.1) is 21.1 Å². The summed E-state index contributed by atoms with van der Waals surface area (Å²) in [6.07, 6.45) is 18.1. The highest BCUT2D eigenvalue weighted by Crippen LogP contribution is 2.12. The number of quaternary nitrogens is 1. The molecule has 0 bridgehead atoms. The number of hydrogen-bond acceptors (Lipinski definition) is 0. The molecule has 0 amide bonds. The Morgan fingerprint density at radius 2 is 1.00 bits per heavy atom. The summed E-state index contributed by atoms with van der Waals surface area (Å²) in [6.45, 7) is 2.29. The van der Waals surface area contributed by atoms with Crippen LogP contribution in [-0.4, -0.2) is 25.6 Å². The fraction of sp³-hybridized carbons (Fsp3) is 0.895. The van der Waals surface area contributed by atoms with Crippen LogP contribution in [0.3, 0.4) is 0 Å². The van der Waals surface area contributed by atoms with Crippen molar-refractivity contribution in [2.75, 3.05) is 21.1 Å². The molecule has 0 rings (SSSR count). The third-order valence-corrected chi connectivity index (χ3v) is 3.57. The zero-order chi connectivity index (χ0) is 15.1. The summed E-state index contributed by atoms with van der Waals surface area (Å²) in [5, 5.41) is 0. The van der Waals surface area contributed by atoms with Crippen molar-refractivity contribution in [3.8, 4) is 12.0 Å². The lowest BCUT2D eigenvalue weighted by Crippen LogP contribution is -3.00. The molecule has 0 aromatic heterocycles. The van der Waals surface area contributed by atoms with E-state index < -0.39 is 0 Å². The number of hydrogen-bond donors (Lipinski definition) is 0. The number of rotatable bonds is 12. The van der Waals surface area contributed by atoms with E-state index in [1.54, 1.807) is 0 Å². The van der Waals surface area contributed by atoms with Gasteiger partial charge in [-0.15, -0.1) is 0 Å². The van der Waals surface area contributed by atoms with E-state index in [-0.39, 0.29) is 24.0 Å². The number of nitrogens with zero attached hydrogens (tertiary/aromatic N) is 1.